The van der Waals surface area contributed by atoms with Gasteiger partial charge in [0.2, 0.25) is 5.91 Å². The zero-order valence-corrected chi connectivity index (χ0v) is 9.17. The van der Waals surface area contributed by atoms with Gasteiger partial charge < -0.3 is 11.1 Å². The van der Waals surface area contributed by atoms with Crippen molar-refractivity contribution in [2.75, 3.05) is 13.1 Å². The molecule has 3 heteroatoms. The molecule has 0 spiro atoms. The van der Waals surface area contributed by atoms with E-state index in [-0.39, 0.29) is 5.91 Å². The number of allylic oxidation sites excluding steroid dienone is 1. The fraction of sp³-hybridized carbons (Fsp3) is 0.583. The minimum Gasteiger partial charge on any atom is -0.352 e. The molecule has 0 fully saturated rings. The maximum Gasteiger partial charge on any atom is 0.224 e. The maximum atomic E-state index is 11.5. The van der Waals surface area contributed by atoms with Crippen molar-refractivity contribution in [1.82, 2.24) is 5.32 Å². The minimum atomic E-state index is 0.116. The van der Waals surface area contributed by atoms with Crippen LogP contribution in [0.4, 0.5) is 0 Å². The molecule has 0 aromatic carbocycles. The Morgan fingerprint density at radius 3 is 3.00 bits per heavy atom. The highest BCUT2D eigenvalue weighted by atomic mass is 16.1. The molecule has 1 aliphatic carbocycles. The van der Waals surface area contributed by atoms with Gasteiger partial charge in [-0.05, 0) is 25.7 Å². The lowest BCUT2D eigenvalue weighted by Crippen LogP contribution is -2.23. The summed E-state index contributed by atoms with van der Waals surface area (Å²) >= 11 is 0. The van der Waals surface area contributed by atoms with Crippen LogP contribution in [0.25, 0.3) is 0 Å². The van der Waals surface area contributed by atoms with Gasteiger partial charge in [0.15, 0.2) is 0 Å². The van der Waals surface area contributed by atoms with E-state index < -0.39 is 0 Å². The molecule has 3 N–H and O–H groups in total. The van der Waals surface area contributed by atoms with Gasteiger partial charge in [-0.25, -0.2) is 0 Å². The highest BCUT2D eigenvalue weighted by Gasteiger charge is 2.07. The monoisotopic (exact) mass is 208 g/mol. The molecule has 0 saturated carbocycles. The number of hydrogen-bond acceptors (Lipinski definition) is 2. The fourth-order valence-corrected chi connectivity index (χ4v) is 1.69. The van der Waals surface area contributed by atoms with E-state index in [0.29, 0.717) is 19.5 Å². The largest absolute Gasteiger partial charge is 0.352 e. The van der Waals surface area contributed by atoms with E-state index in [9.17, 15) is 4.79 Å². The zero-order chi connectivity index (χ0) is 10.9. The van der Waals surface area contributed by atoms with Crippen molar-refractivity contribution in [2.45, 2.75) is 32.1 Å². The molecule has 0 heterocycles. The minimum absolute atomic E-state index is 0.116. The zero-order valence-electron chi connectivity index (χ0n) is 9.17. The average Bonchev–Trinajstić information content (AvgIpc) is 2.26. The van der Waals surface area contributed by atoms with Crippen molar-refractivity contribution in [3.8, 4) is 0 Å². The molecular formula is C12H20N2O. The highest BCUT2D eigenvalue weighted by molar-refractivity contribution is 5.78. The summed E-state index contributed by atoms with van der Waals surface area (Å²) in [6.45, 7) is 1.12. The summed E-state index contributed by atoms with van der Waals surface area (Å²) in [6, 6.07) is 0. The number of amides is 1. The molecule has 0 saturated heterocycles. The van der Waals surface area contributed by atoms with Crippen LogP contribution in [0.1, 0.15) is 32.1 Å². The van der Waals surface area contributed by atoms with E-state index in [4.69, 9.17) is 5.73 Å². The molecular weight excluding hydrogens is 188 g/mol. The Labute approximate surface area is 91.4 Å². The first kappa shape index (κ1) is 12.0. The molecule has 1 amide bonds. The quantitative estimate of drug-likeness (QED) is 0.673. The molecule has 3 nitrogen and oxygen atoms in total. The fourth-order valence-electron chi connectivity index (χ4n) is 1.69. The summed E-state index contributed by atoms with van der Waals surface area (Å²) in [6.07, 6.45) is 11.2. The summed E-state index contributed by atoms with van der Waals surface area (Å²) in [5.74, 6) is 0.116. The van der Waals surface area contributed by atoms with E-state index >= 15 is 0 Å². The maximum absolute atomic E-state index is 11.5. The number of nitrogens with one attached hydrogen (secondary N) is 1. The lowest BCUT2D eigenvalue weighted by atomic mass is 9.97. The standard InChI is InChI=1S/C12H20N2O/c13-8-4-5-9-14-12(15)10-11-6-2-1-3-7-11/h4-6H,1-3,7-10,13H2,(H,14,15)/b5-4+. The van der Waals surface area contributed by atoms with Crippen LogP contribution in [0.2, 0.25) is 0 Å². The summed E-state index contributed by atoms with van der Waals surface area (Å²) in [5.41, 5.74) is 6.58. The molecule has 0 bridgehead atoms. The molecule has 0 aliphatic heterocycles. The highest BCUT2D eigenvalue weighted by Crippen LogP contribution is 2.19. The first-order valence-corrected chi connectivity index (χ1v) is 5.62. The number of rotatable bonds is 5. The summed E-state index contributed by atoms with van der Waals surface area (Å²) in [7, 11) is 0. The second-order valence-corrected chi connectivity index (χ2v) is 3.80. The molecule has 1 aliphatic rings. The third-order valence-corrected chi connectivity index (χ3v) is 2.49. The molecule has 15 heavy (non-hydrogen) atoms. The van der Waals surface area contributed by atoms with Gasteiger partial charge in [-0.15, -0.1) is 0 Å². The molecule has 84 valence electrons. The number of hydrogen-bond donors (Lipinski definition) is 2. The van der Waals surface area contributed by atoms with Crippen molar-refractivity contribution in [2.24, 2.45) is 5.73 Å². The molecule has 1 rings (SSSR count). The predicted molar refractivity (Wildman–Crippen MR) is 62.4 cm³/mol. The Balaban J connectivity index is 2.17. The van der Waals surface area contributed by atoms with Crippen LogP contribution >= 0.6 is 0 Å². The van der Waals surface area contributed by atoms with E-state index in [1.807, 2.05) is 12.2 Å². The van der Waals surface area contributed by atoms with Crippen molar-refractivity contribution >= 4 is 5.91 Å². The Morgan fingerprint density at radius 2 is 2.33 bits per heavy atom. The second kappa shape index (κ2) is 7.23. The first-order valence-electron chi connectivity index (χ1n) is 5.62. The normalized spacial score (nSPS) is 16.5. The third-order valence-electron chi connectivity index (χ3n) is 2.49. The predicted octanol–water partition coefficient (Wildman–Crippen LogP) is 1.51. The van der Waals surface area contributed by atoms with Gasteiger partial charge in [0.25, 0.3) is 0 Å². The smallest absolute Gasteiger partial charge is 0.224 e. The number of carbonyl (C=O) groups is 1. The lowest BCUT2D eigenvalue weighted by molar-refractivity contribution is -0.120. The van der Waals surface area contributed by atoms with E-state index in [2.05, 4.69) is 11.4 Å². The van der Waals surface area contributed by atoms with Crippen LogP contribution in [0, 0.1) is 0 Å². The van der Waals surface area contributed by atoms with Gasteiger partial charge in [0.1, 0.15) is 0 Å². The molecule has 0 aromatic rings. The third kappa shape index (κ3) is 5.37. The Kier molecular flexibility index (Phi) is 5.78. The molecule has 0 radical (unpaired) electrons. The summed E-state index contributed by atoms with van der Waals surface area (Å²) in [4.78, 5) is 11.5. The van der Waals surface area contributed by atoms with Gasteiger partial charge in [0, 0.05) is 19.5 Å². The van der Waals surface area contributed by atoms with Crippen molar-refractivity contribution in [3.05, 3.63) is 23.8 Å². The van der Waals surface area contributed by atoms with Crippen LogP contribution in [0.3, 0.4) is 0 Å². The van der Waals surface area contributed by atoms with Crippen LogP contribution in [-0.4, -0.2) is 19.0 Å². The Hall–Kier alpha value is -1.09. The van der Waals surface area contributed by atoms with Crippen LogP contribution in [0.15, 0.2) is 23.8 Å². The van der Waals surface area contributed by atoms with Gasteiger partial charge in [-0.1, -0.05) is 23.8 Å². The first-order chi connectivity index (χ1) is 7.33. The molecule has 0 aromatic heterocycles. The molecule has 0 atom stereocenters. The van der Waals surface area contributed by atoms with Crippen LogP contribution in [-0.2, 0) is 4.79 Å². The van der Waals surface area contributed by atoms with E-state index in [0.717, 1.165) is 12.8 Å². The average molecular weight is 208 g/mol. The summed E-state index contributed by atoms with van der Waals surface area (Å²) in [5, 5.41) is 2.84. The van der Waals surface area contributed by atoms with Gasteiger partial charge in [0.05, 0.1) is 0 Å². The SMILES string of the molecule is NC/C=C/CNC(=O)CC1=CCCCC1. The van der Waals surface area contributed by atoms with E-state index in [1.54, 1.807) is 0 Å². The summed E-state index contributed by atoms with van der Waals surface area (Å²) < 4.78 is 0. The lowest BCUT2D eigenvalue weighted by Gasteiger charge is -2.11. The van der Waals surface area contributed by atoms with Crippen LogP contribution < -0.4 is 11.1 Å². The number of carbonyl (C=O) groups excluding carboxylic acids is 1. The molecule has 0 unspecified atom stereocenters. The van der Waals surface area contributed by atoms with Crippen molar-refractivity contribution < 1.29 is 4.79 Å². The van der Waals surface area contributed by atoms with Crippen molar-refractivity contribution in [1.29, 1.82) is 0 Å². The van der Waals surface area contributed by atoms with Gasteiger partial charge in [-0.2, -0.15) is 0 Å². The van der Waals surface area contributed by atoms with E-state index in [1.165, 1.54) is 18.4 Å². The van der Waals surface area contributed by atoms with Gasteiger partial charge in [-0.3, -0.25) is 4.79 Å². The second-order valence-electron chi connectivity index (χ2n) is 3.80. The van der Waals surface area contributed by atoms with Gasteiger partial charge >= 0.3 is 0 Å². The Morgan fingerprint density at radius 1 is 1.47 bits per heavy atom. The topological polar surface area (TPSA) is 55.1 Å². The Bertz CT molecular complexity index is 256. The van der Waals surface area contributed by atoms with Crippen LogP contribution in [0.5, 0.6) is 0 Å². The van der Waals surface area contributed by atoms with Crippen molar-refractivity contribution in [3.63, 3.8) is 0 Å². The number of nitrogens with two attached hydrogens (primary N) is 1.